The van der Waals surface area contributed by atoms with Crippen LogP contribution in [0.25, 0.3) is 0 Å². The Kier molecular flexibility index (Phi) is 9.43. The first-order valence-electron chi connectivity index (χ1n) is 10.3. The summed E-state index contributed by atoms with van der Waals surface area (Å²) in [4.78, 5) is 17.4. The number of nitrogens with zero attached hydrogens (tertiary/aromatic N) is 2. The molecular weight excluding hydrogens is 419 g/mol. The van der Waals surface area contributed by atoms with Crippen molar-refractivity contribution in [1.82, 2.24) is 15.1 Å². The summed E-state index contributed by atoms with van der Waals surface area (Å²) in [6.45, 7) is 5.38. The molecule has 1 atom stereocenters. The second-order valence-corrected chi connectivity index (χ2v) is 8.01. The molecule has 0 saturated carbocycles. The molecule has 5 nitrogen and oxygen atoms in total. The van der Waals surface area contributed by atoms with Gasteiger partial charge in [0.15, 0.2) is 0 Å². The second kappa shape index (κ2) is 11.6. The third-order valence-electron chi connectivity index (χ3n) is 5.90. The lowest BCUT2D eigenvalue weighted by Gasteiger charge is -2.35. The zero-order chi connectivity index (χ0) is 19.3. The minimum Gasteiger partial charge on any atom is -0.399 e. The quantitative estimate of drug-likeness (QED) is 0.684. The zero-order valence-electron chi connectivity index (χ0n) is 17.3. The van der Waals surface area contributed by atoms with Crippen LogP contribution in [0.2, 0.25) is 0 Å². The Morgan fingerprint density at radius 2 is 1.70 bits per heavy atom. The normalized spacial score (nSPS) is 19.1. The fourth-order valence-electron chi connectivity index (χ4n) is 4.37. The molecule has 0 radical (unpaired) electrons. The first kappa shape index (κ1) is 24.5. The molecule has 2 aromatic rings. The number of hydrogen-bond donors (Lipinski definition) is 2. The summed E-state index contributed by atoms with van der Waals surface area (Å²) in [7, 11) is 0. The summed E-state index contributed by atoms with van der Waals surface area (Å²) in [5, 5.41) is 3.26. The van der Waals surface area contributed by atoms with Crippen LogP contribution in [0.3, 0.4) is 0 Å². The van der Waals surface area contributed by atoms with Gasteiger partial charge in [-0.15, -0.1) is 24.8 Å². The van der Waals surface area contributed by atoms with Crippen LogP contribution >= 0.6 is 24.8 Å². The van der Waals surface area contributed by atoms with E-state index >= 15 is 0 Å². The van der Waals surface area contributed by atoms with Crippen LogP contribution in [0.1, 0.15) is 35.6 Å². The van der Waals surface area contributed by atoms with Crippen molar-refractivity contribution in [2.75, 3.05) is 38.5 Å². The number of fused-ring (bicyclic) bond motifs is 1. The summed E-state index contributed by atoms with van der Waals surface area (Å²) in [5.74, 6) is 0.131. The maximum atomic E-state index is 12.6. The Balaban J connectivity index is 0.00000160. The topological polar surface area (TPSA) is 61.6 Å². The number of amides is 1. The van der Waals surface area contributed by atoms with E-state index in [-0.39, 0.29) is 36.8 Å². The van der Waals surface area contributed by atoms with Crippen LogP contribution in [0, 0.1) is 0 Å². The lowest BCUT2D eigenvalue weighted by Crippen LogP contribution is -2.49. The molecule has 4 rings (SSSR count). The van der Waals surface area contributed by atoms with E-state index in [0.717, 1.165) is 57.7 Å². The molecule has 0 bridgehead atoms. The highest BCUT2D eigenvalue weighted by Crippen LogP contribution is 2.30. The zero-order valence-corrected chi connectivity index (χ0v) is 18.9. The van der Waals surface area contributed by atoms with E-state index < -0.39 is 0 Å². The van der Waals surface area contributed by atoms with Crippen molar-refractivity contribution >= 4 is 36.4 Å². The van der Waals surface area contributed by atoms with Gasteiger partial charge in [0.25, 0.3) is 0 Å². The molecule has 7 heteroatoms. The number of piperazine rings is 1. The van der Waals surface area contributed by atoms with E-state index in [2.05, 4.69) is 57.6 Å². The van der Waals surface area contributed by atoms with E-state index in [4.69, 9.17) is 5.73 Å². The number of nitrogens with one attached hydrogen (secondary N) is 1. The van der Waals surface area contributed by atoms with Crippen molar-refractivity contribution < 1.29 is 4.79 Å². The monoisotopic (exact) mass is 450 g/mol. The van der Waals surface area contributed by atoms with Gasteiger partial charge in [-0.2, -0.15) is 0 Å². The Bertz CT molecular complexity index is 810. The molecule has 0 aromatic heterocycles. The fourth-order valence-corrected chi connectivity index (χ4v) is 4.37. The minimum absolute atomic E-state index is 0. The molecular formula is C23H32Cl2N4O. The Morgan fingerprint density at radius 1 is 1.00 bits per heavy atom. The van der Waals surface area contributed by atoms with Crippen LogP contribution in [-0.4, -0.2) is 48.4 Å². The number of nitrogens with two attached hydrogens (primary N) is 1. The molecule has 0 spiro atoms. The Hall–Kier alpha value is -1.79. The van der Waals surface area contributed by atoms with Crippen molar-refractivity contribution in [3.8, 4) is 0 Å². The maximum absolute atomic E-state index is 12.6. The number of carbonyl (C=O) groups is 1. The number of nitrogen functional groups attached to an aromatic ring is 1. The average molecular weight is 451 g/mol. The van der Waals surface area contributed by atoms with Gasteiger partial charge in [-0.3, -0.25) is 14.6 Å². The molecule has 1 saturated heterocycles. The SMILES string of the molecule is Cl.Cl.Nc1ccc2c(c1)CCCC2NC(=O)CN1CCN(Cc2ccccc2)CC1. The summed E-state index contributed by atoms with van der Waals surface area (Å²) in [6, 6.07) is 16.8. The third-order valence-corrected chi connectivity index (χ3v) is 5.90. The molecule has 2 aliphatic rings. The highest BCUT2D eigenvalue weighted by Gasteiger charge is 2.24. The molecule has 3 N–H and O–H groups in total. The molecule has 1 aliphatic heterocycles. The van der Waals surface area contributed by atoms with E-state index in [0.29, 0.717) is 6.54 Å². The van der Waals surface area contributed by atoms with Crippen molar-refractivity contribution in [2.45, 2.75) is 31.8 Å². The number of aryl methyl sites for hydroxylation is 1. The summed E-state index contributed by atoms with van der Waals surface area (Å²) in [6.07, 6.45) is 3.16. The summed E-state index contributed by atoms with van der Waals surface area (Å²) < 4.78 is 0. The highest BCUT2D eigenvalue weighted by molar-refractivity contribution is 5.85. The van der Waals surface area contributed by atoms with Gasteiger partial charge < -0.3 is 11.1 Å². The van der Waals surface area contributed by atoms with E-state index in [9.17, 15) is 4.79 Å². The number of carbonyl (C=O) groups excluding carboxylic acids is 1. The first-order valence-corrected chi connectivity index (χ1v) is 10.3. The van der Waals surface area contributed by atoms with E-state index in [1.165, 1.54) is 16.7 Å². The van der Waals surface area contributed by atoms with Gasteiger partial charge in [-0.1, -0.05) is 36.4 Å². The van der Waals surface area contributed by atoms with Gasteiger partial charge in [0.1, 0.15) is 0 Å². The lowest BCUT2D eigenvalue weighted by molar-refractivity contribution is -0.123. The van der Waals surface area contributed by atoms with Gasteiger partial charge in [-0.25, -0.2) is 0 Å². The predicted octanol–water partition coefficient (Wildman–Crippen LogP) is 3.42. The largest absolute Gasteiger partial charge is 0.399 e. The van der Waals surface area contributed by atoms with Gasteiger partial charge >= 0.3 is 0 Å². The van der Waals surface area contributed by atoms with E-state index in [1.807, 2.05) is 6.07 Å². The van der Waals surface area contributed by atoms with Gasteiger partial charge in [0, 0.05) is 38.4 Å². The number of anilines is 1. The number of halogens is 2. The minimum atomic E-state index is 0. The summed E-state index contributed by atoms with van der Waals surface area (Å²) >= 11 is 0. The molecule has 164 valence electrons. The molecule has 30 heavy (non-hydrogen) atoms. The molecule has 1 amide bonds. The lowest BCUT2D eigenvalue weighted by atomic mass is 9.87. The molecule has 1 fully saturated rings. The first-order chi connectivity index (χ1) is 13.7. The number of rotatable bonds is 5. The average Bonchev–Trinajstić information content (AvgIpc) is 2.70. The van der Waals surface area contributed by atoms with Crippen molar-refractivity contribution in [2.24, 2.45) is 0 Å². The Labute approximate surface area is 191 Å². The summed E-state index contributed by atoms with van der Waals surface area (Å²) in [5.41, 5.74) is 10.6. The second-order valence-electron chi connectivity index (χ2n) is 8.01. The van der Waals surface area contributed by atoms with E-state index in [1.54, 1.807) is 0 Å². The number of benzene rings is 2. The van der Waals surface area contributed by atoms with Gasteiger partial charge in [0.2, 0.25) is 5.91 Å². The van der Waals surface area contributed by atoms with Crippen LogP contribution in [-0.2, 0) is 17.8 Å². The highest BCUT2D eigenvalue weighted by atomic mass is 35.5. The van der Waals surface area contributed by atoms with Crippen LogP contribution in [0.5, 0.6) is 0 Å². The fraction of sp³-hybridized carbons (Fsp3) is 0.435. The van der Waals surface area contributed by atoms with Crippen LogP contribution in [0.4, 0.5) is 5.69 Å². The standard InChI is InChI=1S/C23H30N4O.2ClH/c24-20-9-10-21-19(15-20)7-4-8-22(21)25-23(28)17-27-13-11-26(12-14-27)16-18-5-2-1-3-6-18;;/h1-3,5-6,9-10,15,22H,4,7-8,11-14,16-17,24H2,(H,25,28);2*1H. The molecule has 2 aromatic carbocycles. The van der Waals surface area contributed by atoms with Gasteiger partial charge in [0.05, 0.1) is 12.6 Å². The van der Waals surface area contributed by atoms with Crippen LogP contribution in [0.15, 0.2) is 48.5 Å². The molecule has 1 unspecified atom stereocenters. The molecule has 1 aliphatic carbocycles. The van der Waals surface area contributed by atoms with Crippen LogP contribution < -0.4 is 11.1 Å². The number of hydrogen-bond acceptors (Lipinski definition) is 4. The van der Waals surface area contributed by atoms with Crippen molar-refractivity contribution in [1.29, 1.82) is 0 Å². The Morgan fingerprint density at radius 3 is 2.43 bits per heavy atom. The third kappa shape index (κ3) is 6.35. The van der Waals surface area contributed by atoms with Gasteiger partial charge in [-0.05, 0) is 48.1 Å². The predicted molar refractivity (Wildman–Crippen MR) is 127 cm³/mol. The van der Waals surface area contributed by atoms with Crippen molar-refractivity contribution in [3.05, 3.63) is 65.2 Å². The molecule has 1 heterocycles. The maximum Gasteiger partial charge on any atom is 0.234 e. The van der Waals surface area contributed by atoms with Crippen molar-refractivity contribution in [3.63, 3.8) is 0 Å². The smallest absolute Gasteiger partial charge is 0.234 e.